The molecule has 0 heterocycles. The van der Waals surface area contributed by atoms with E-state index < -0.39 is 0 Å². The van der Waals surface area contributed by atoms with Crippen LogP contribution in [0.4, 0.5) is 0 Å². The molecule has 112 valence electrons. The predicted molar refractivity (Wildman–Crippen MR) is 85.3 cm³/mol. The topological polar surface area (TPSA) is 9.23 Å². The van der Waals surface area contributed by atoms with Gasteiger partial charge in [-0.05, 0) is 25.7 Å². The second-order valence-electron chi connectivity index (χ2n) is 5.49. The van der Waals surface area contributed by atoms with Gasteiger partial charge in [0.2, 0.25) is 0 Å². The molecule has 0 aromatic heterocycles. The molecule has 0 aliphatic carbocycles. The van der Waals surface area contributed by atoms with Crippen molar-refractivity contribution < 1.29 is 4.74 Å². The number of ether oxygens (including phenoxy) is 1. The van der Waals surface area contributed by atoms with Gasteiger partial charge in [-0.1, -0.05) is 77.5 Å². The molecular formula is C18H34O. The van der Waals surface area contributed by atoms with E-state index in [0.717, 1.165) is 0 Å². The first-order valence-electron chi connectivity index (χ1n) is 8.34. The number of rotatable bonds is 14. The third-order valence-corrected chi connectivity index (χ3v) is 3.60. The van der Waals surface area contributed by atoms with Crippen molar-refractivity contribution in [1.82, 2.24) is 0 Å². The van der Waals surface area contributed by atoms with Gasteiger partial charge in [-0.2, -0.15) is 0 Å². The highest BCUT2D eigenvalue weighted by molar-refractivity contribution is 4.69. The Morgan fingerprint density at radius 1 is 0.842 bits per heavy atom. The average Bonchev–Trinajstić information content (AvgIpc) is 2.43. The van der Waals surface area contributed by atoms with Crippen LogP contribution >= 0.6 is 0 Å². The summed E-state index contributed by atoms with van der Waals surface area (Å²) in [7, 11) is 0. The van der Waals surface area contributed by atoms with Gasteiger partial charge in [0.15, 0.2) is 0 Å². The van der Waals surface area contributed by atoms with Crippen LogP contribution in [0.5, 0.6) is 0 Å². The molecule has 0 aliphatic heterocycles. The minimum absolute atomic E-state index is 0.386. The van der Waals surface area contributed by atoms with E-state index in [1.807, 2.05) is 0 Å². The van der Waals surface area contributed by atoms with E-state index in [4.69, 9.17) is 4.74 Å². The summed E-state index contributed by atoms with van der Waals surface area (Å²) in [6, 6.07) is 0. The Bertz CT molecular complexity index is 216. The van der Waals surface area contributed by atoms with Crippen molar-refractivity contribution in [1.29, 1.82) is 0 Å². The van der Waals surface area contributed by atoms with Gasteiger partial charge < -0.3 is 4.74 Å². The molecule has 0 bridgehead atoms. The summed E-state index contributed by atoms with van der Waals surface area (Å²) in [5, 5.41) is 0. The molecule has 0 aliphatic rings. The Morgan fingerprint density at radius 3 is 1.84 bits per heavy atom. The van der Waals surface area contributed by atoms with Gasteiger partial charge in [0.1, 0.15) is 6.26 Å². The molecule has 1 atom stereocenters. The highest BCUT2D eigenvalue weighted by Crippen LogP contribution is 2.16. The first-order valence-corrected chi connectivity index (χ1v) is 8.34. The molecule has 0 spiro atoms. The van der Waals surface area contributed by atoms with Crippen molar-refractivity contribution in [2.24, 2.45) is 0 Å². The average molecular weight is 266 g/mol. The molecule has 0 aromatic rings. The van der Waals surface area contributed by atoms with Crippen molar-refractivity contribution in [2.45, 2.75) is 97.0 Å². The molecule has 0 rings (SSSR count). The van der Waals surface area contributed by atoms with E-state index in [1.54, 1.807) is 6.26 Å². The highest BCUT2D eigenvalue weighted by atomic mass is 16.5. The van der Waals surface area contributed by atoms with Crippen LogP contribution in [0.1, 0.15) is 90.9 Å². The van der Waals surface area contributed by atoms with E-state index in [0.29, 0.717) is 6.10 Å². The lowest BCUT2D eigenvalue weighted by molar-refractivity contribution is 0.121. The zero-order valence-corrected chi connectivity index (χ0v) is 13.3. The van der Waals surface area contributed by atoms with Gasteiger partial charge in [-0.15, -0.1) is 0 Å². The molecule has 0 radical (unpaired) electrons. The molecule has 0 fully saturated rings. The fraction of sp³-hybridized carbons (Fsp3) is 0.833. The van der Waals surface area contributed by atoms with E-state index in [1.165, 1.54) is 77.0 Å². The Balaban J connectivity index is 3.63. The molecule has 0 aromatic carbocycles. The van der Waals surface area contributed by atoms with Crippen LogP contribution in [0, 0.1) is 0 Å². The van der Waals surface area contributed by atoms with E-state index in [9.17, 15) is 0 Å². The van der Waals surface area contributed by atoms with Crippen molar-refractivity contribution in [3.63, 3.8) is 0 Å². The molecule has 0 N–H and O–H groups in total. The van der Waals surface area contributed by atoms with Crippen molar-refractivity contribution >= 4 is 0 Å². The van der Waals surface area contributed by atoms with Crippen LogP contribution in [-0.4, -0.2) is 6.10 Å². The number of hydrogen-bond donors (Lipinski definition) is 0. The maximum absolute atomic E-state index is 5.70. The molecule has 1 nitrogen and oxygen atoms in total. The standard InChI is InChI=1S/C18H34O/c1-4-7-9-11-12-14-16-18(19-17-6-3)15-13-10-8-5-2/h17-18H,3-5,7-16H2,1-2H3. The van der Waals surface area contributed by atoms with Crippen molar-refractivity contribution in [3.8, 4) is 0 Å². The normalized spacial score (nSPS) is 11.9. The van der Waals surface area contributed by atoms with Crippen LogP contribution < -0.4 is 0 Å². The maximum atomic E-state index is 5.70. The lowest BCUT2D eigenvalue weighted by Gasteiger charge is -2.16. The van der Waals surface area contributed by atoms with Crippen LogP contribution in [-0.2, 0) is 4.74 Å². The van der Waals surface area contributed by atoms with E-state index in [2.05, 4.69) is 26.2 Å². The lowest BCUT2D eigenvalue weighted by Crippen LogP contribution is -2.09. The summed E-state index contributed by atoms with van der Waals surface area (Å²) in [4.78, 5) is 0. The minimum Gasteiger partial charge on any atom is -0.490 e. The largest absolute Gasteiger partial charge is 0.490 e. The summed E-state index contributed by atoms with van der Waals surface area (Å²) in [6.07, 6.45) is 17.8. The second-order valence-corrected chi connectivity index (χ2v) is 5.49. The Kier molecular flexibility index (Phi) is 14.8. The Labute approximate surface area is 121 Å². The van der Waals surface area contributed by atoms with Crippen LogP contribution in [0.2, 0.25) is 0 Å². The molecule has 1 heteroatoms. The van der Waals surface area contributed by atoms with Gasteiger partial charge in [-0.25, -0.2) is 0 Å². The Hall–Kier alpha value is -0.680. The fourth-order valence-corrected chi connectivity index (χ4v) is 2.38. The zero-order chi connectivity index (χ0) is 14.2. The van der Waals surface area contributed by atoms with Crippen LogP contribution in [0.25, 0.3) is 0 Å². The summed E-state index contributed by atoms with van der Waals surface area (Å²) in [6.45, 7) is 8.09. The smallest absolute Gasteiger partial charge is 0.125 e. The van der Waals surface area contributed by atoms with Crippen molar-refractivity contribution in [2.75, 3.05) is 0 Å². The summed E-state index contributed by atoms with van der Waals surface area (Å²) >= 11 is 0. The molecular weight excluding hydrogens is 232 g/mol. The van der Waals surface area contributed by atoms with Gasteiger partial charge >= 0.3 is 0 Å². The quantitative estimate of drug-likeness (QED) is 0.201. The monoisotopic (exact) mass is 266 g/mol. The van der Waals surface area contributed by atoms with Crippen LogP contribution in [0.3, 0.4) is 0 Å². The van der Waals surface area contributed by atoms with E-state index >= 15 is 0 Å². The summed E-state index contributed by atoms with van der Waals surface area (Å²) in [5.41, 5.74) is 2.72. The SMILES string of the molecule is C=C=COC(CCCCCC)CCCCCCCC. The third kappa shape index (κ3) is 13.6. The van der Waals surface area contributed by atoms with Gasteiger partial charge in [0.05, 0.1) is 6.10 Å². The van der Waals surface area contributed by atoms with Gasteiger partial charge in [-0.3, -0.25) is 0 Å². The Morgan fingerprint density at radius 2 is 1.32 bits per heavy atom. The van der Waals surface area contributed by atoms with Crippen molar-refractivity contribution in [3.05, 3.63) is 18.6 Å². The molecule has 1 unspecified atom stereocenters. The molecule has 0 saturated heterocycles. The molecule has 0 amide bonds. The first-order chi connectivity index (χ1) is 9.35. The highest BCUT2D eigenvalue weighted by Gasteiger charge is 2.07. The maximum Gasteiger partial charge on any atom is 0.125 e. The third-order valence-electron chi connectivity index (χ3n) is 3.60. The predicted octanol–water partition coefficient (Wildman–Crippen LogP) is 6.39. The van der Waals surface area contributed by atoms with Crippen LogP contribution in [0.15, 0.2) is 18.6 Å². The van der Waals surface area contributed by atoms with Gasteiger partial charge in [0.25, 0.3) is 0 Å². The summed E-state index contributed by atoms with van der Waals surface area (Å²) < 4.78 is 5.70. The second kappa shape index (κ2) is 15.4. The fourth-order valence-electron chi connectivity index (χ4n) is 2.38. The van der Waals surface area contributed by atoms with E-state index in [-0.39, 0.29) is 0 Å². The number of unbranched alkanes of at least 4 members (excludes halogenated alkanes) is 8. The molecule has 0 saturated carbocycles. The van der Waals surface area contributed by atoms with Gasteiger partial charge in [0, 0.05) is 0 Å². The number of hydrogen-bond acceptors (Lipinski definition) is 1. The zero-order valence-electron chi connectivity index (χ0n) is 13.3. The summed E-state index contributed by atoms with van der Waals surface area (Å²) in [5.74, 6) is 0. The lowest BCUT2D eigenvalue weighted by atomic mass is 10.0. The first kappa shape index (κ1) is 18.3. The minimum atomic E-state index is 0.386. The molecule has 19 heavy (non-hydrogen) atoms.